The van der Waals surface area contributed by atoms with Crippen LogP contribution in [0.2, 0.25) is 0 Å². The molecular weight excluding hydrogens is 319 g/mol. The number of barbiturate groups is 1. The third-order valence-corrected chi connectivity index (χ3v) is 4.18. The van der Waals surface area contributed by atoms with E-state index in [4.69, 9.17) is 0 Å². The molecule has 2 aromatic rings. The molecule has 3 rings (SSSR count). The fourth-order valence-electron chi connectivity index (χ4n) is 2.16. The molecule has 1 fully saturated rings. The highest BCUT2D eigenvalue weighted by molar-refractivity contribution is 7.12. The highest BCUT2D eigenvalue weighted by Gasteiger charge is 2.36. The molecule has 0 unspecified atom stereocenters. The lowest BCUT2D eigenvalue weighted by Crippen LogP contribution is -2.54. The number of carbonyl (C=O) groups is 3. The van der Waals surface area contributed by atoms with Crippen molar-refractivity contribution in [1.82, 2.24) is 5.32 Å². The minimum absolute atomic E-state index is 0.143. The number of anilines is 1. The SMILES string of the molecule is Cc1ccc(C=C2C(=O)NC(=O)N(c3ccc(F)cc3)C2=O)s1. The average Bonchev–Trinajstić information content (AvgIpc) is 2.91. The van der Waals surface area contributed by atoms with Gasteiger partial charge in [-0.05, 0) is 49.4 Å². The molecule has 7 heteroatoms. The molecule has 0 spiro atoms. The van der Waals surface area contributed by atoms with Gasteiger partial charge in [-0.1, -0.05) is 0 Å². The van der Waals surface area contributed by atoms with Gasteiger partial charge in [0.05, 0.1) is 5.69 Å². The van der Waals surface area contributed by atoms with Crippen molar-refractivity contribution in [2.45, 2.75) is 6.92 Å². The van der Waals surface area contributed by atoms with Gasteiger partial charge in [0.15, 0.2) is 0 Å². The molecule has 4 amide bonds. The monoisotopic (exact) mass is 330 g/mol. The zero-order valence-electron chi connectivity index (χ0n) is 12.0. The van der Waals surface area contributed by atoms with Crippen LogP contribution in [0.25, 0.3) is 6.08 Å². The van der Waals surface area contributed by atoms with E-state index in [1.54, 1.807) is 6.07 Å². The summed E-state index contributed by atoms with van der Waals surface area (Å²) in [6.07, 6.45) is 1.44. The molecule has 0 aliphatic carbocycles. The maximum absolute atomic E-state index is 13.0. The van der Waals surface area contributed by atoms with Crippen LogP contribution < -0.4 is 10.2 Å². The van der Waals surface area contributed by atoms with Crippen LogP contribution in [0.3, 0.4) is 0 Å². The maximum Gasteiger partial charge on any atom is 0.335 e. The number of carbonyl (C=O) groups excluding carboxylic acids is 3. The van der Waals surface area contributed by atoms with Gasteiger partial charge in [0.1, 0.15) is 11.4 Å². The molecule has 1 saturated heterocycles. The molecule has 0 atom stereocenters. The van der Waals surface area contributed by atoms with Crippen LogP contribution in [0.5, 0.6) is 0 Å². The van der Waals surface area contributed by atoms with E-state index in [1.807, 2.05) is 13.0 Å². The van der Waals surface area contributed by atoms with Crippen molar-refractivity contribution < 1.29 is 18.8 Å². The largest absolute Gasteiger partial charge is 0.335 e. The number of nitrogens with one attached hydrogen (secondary N) is 1. The molecule has 1 aliphatic heterocycles. The summed E-state index contributed by atoms with van der Waals surface area (Å²) in [5.74, 6) is -1.97. The first-order valence-electron chi connectivity index (χ1n) is 6.69. The van der Waals surface area contributed by atoms with Crippen molar-refractivity contribution in [3.05, 3.63) is 57.5 Å². The Labute approximate surface area is 135 Å². The second-order valence-electron chi connectivity index (χ2n) is 4.88. The Morgan fingerprint density at radius 3 is 2.39 bits per heavy atom. The van der Waals surface area contributed by atoms with Crippen LogP contribution in [0, 0.1) is 12.7 Å². The molecule has 0 radical (unpaired) electrons. The van der Waals surface area contributed by atoms with E-state index in [0.29, 0.717) is 0 Å². The quantitative estimate of drug-likeness (QED) is 0.680. The summed E-state index contributed by atoms with van der Waals surface area (Å²) in [6.45, 7) is 1.91. The van der Waals surface area contributed by atoms with Gasteiger partial charge in [0.25, 0.3) is 11.8 Å². The summed E-state index contributed by atoms with van der Waals surface area (Å²) in [6, 6.07) is 7.67. The van der Waals surface area contributed by atoms with E-state index in [1.165, 1.54) is 29.5 Å². The standard InChI is InChI=1S/C16H11FN2O3S/c1-9-2-7-12(23-9)8-13-14(20)18-16(22)19(15(13)21)11-5-3-10(17)4-6-11/h2-8H,1H3,(H,18,20,22). The van der Waals surface area contributed by atoms with E-state index in [2.05, 4.69) is 5.32 Å². The molecule has 0 bridgehead atoms. The summed E-state index contributed by atoms with van der Waals surface area (Å²) in [7, 11) is 0. The Bertz CT molecular complexity index is 839. The number of rotatable bonds is 2. The fraction of sp³-hybridized carbons (Fsp3) is 0.0625. The van der Waals surface area contributed by atoms with Gasteiger partial charge in [0.2, 0.25) is 0 Å². The van der Waals surface area contributed by atoms with Crippen molar-refractivity contribution in [2.75, 3.05) is 4.90 Å². The van der Waals surface area contributed by atoms with Crippen LogP contribution in [0.1, 0.15) is 9.75 Å². The Hall–Kier alpha value is -2.80. The van der Waals surface area contributed by atoms with Gasteiger partial charge in [-0.2, -0.15) is 0 Å². The number of aryl methyl sites for hydroxylation is 1. The van der Waals surface area contributed by atoms with E-state index >= 15 is 0 Å². The van der Waals surface area contributed by atoms with Crippen molar-refractivity contribution in [3.8, 4) is 0 Å². The van der Waals surface area contributed by atoms with Crippen LogP contribution >= 0.6 is 11.3 Å². The van der Waals surface area contributed by atoms with Gasteiger partial charge < -0.3 is 0 Å². The fourth-order valence-corrected chi connectivity index (χ4v) is 2.98. The number of imide groups is 2. The summed E-state index contributed by atoms with van der Waals surface area (Å²) in [5, 5.41) is 2.12. The summed E-state index contributed by atoms with van der Waals surface area (Å²) < 4.78 is 13.0. The molecule has 1 aliphatic rings. The minimum atomic E-state index is -0.855. The Kier molecular flexibility index (Phi) is 3.79. The molecule has 1 aromatic heterocycles. The Morgan fingerprint density at radius 1 is 1.09 bits per heavy atom. The minimum Gasteiger partial charge on any atom is -0.273 e. The zero-order chi connectivity index (χ0) is 16.6. The van der Waals surface area contributed by atoms with Gasteiger partial charge in [-0.25, -0.2) is 14.1 Å². The summed E-state index contributed by atoms with van der Waals surface area (Å²) in [5.41, 5.74) is 0.0467. The first-order valence-corrected chi connectivity index (χ1v) is 7.51. The first-order chi connectivity index (χ1) is 11.0. The molecule has 0 saturated carbocycles. The molecule has 23 heavy (non-hydrogen) atoms. The van der Waals surface area contributed by atoms with E-state index in [9.17, 15) is 18.8 Å². The number of hydrogen-bond acceptors (Lipinski definition) is 4. The van der Waals surface area contributed by atoms with E-state index < -0.39 is 23.7 Å². The number of benzene rings is 1. The normalized spacial score (nSPS) is 16.9. The first kappa shape index (κ1) is 15.1. The van der Waals surface area contributed by atoms with Crippen molar-refractivity contribution in [3.63, 3.8) is 0 Å². The lowest BCUT2D eigenvalue weighted by atomic mass is 10.1. The topological polar surface area (TPSA) is 66.5 Å². The highest BCUT2D eigenvalue weighted by Crippen LogP contribution is 2.24. The van der Waals surface area contributed by atoms with Gasteiger partial charge in [-0.3, -0.25) is 14.9 Å². The van der Waals surface area contributed by atoms with Gasteiger partial charge in [-0.15, -0.1) is 11.3 Å². The second kappa shape index (κ2) is 5.77. The lowest BCUT2D eigenvalue weighted by molar-refractivity contribution is -0.122. The van der Waals surface area contributed by atoms with Crippen molar-refractivity contribution >= 4 is 40.9 Å². The molecule has 5 nitrogen and oxygen atoms in total. The maximum atomic E-state index is 13.0. The van der Waals surface area contributed by atoms with Crippen molar-refractivity contribution in [1.29, 1.82) is 0 Å². The molecule has 1 aromatic carbocycles. The molecule has 2 heterocycles. The highest BCUT2D eigenvalue weighted by atomic mass is 32.1. The Morgan fingerprint density at radius 2 is 1.78 bits per heavy atom. The molecule has 116 valence electrons. The summed E-state index contributed by atoms with van der Waals surface area (Å²) in [4.78, 5) is 39.0. The molecular formula is C16H11FN2O3S. The van der Waals surface area contributed by atoms with Gasteiger partial charge in [0, 0.05) is 9.75 Å². The van der Waals surface area contributed by atoms with Crippen LogP contribution in [-0.4, -0.2) is 17.8 Å². The van der Waals surface area contributed by atoms with Crippen LogP contribution in [0.4, 0.5) is 14.9 Å². The lowest BCUT2D eigenvalue weighted by Gasteiger charge is -2.26. The van der Waals surface area contributed by atoms with Crippen LogP contribution in [0.15, 0.2) is 42.0 Å². The van der Waals surface area contributed by atoms with Gasteiger partial charge >= 0.3 is 6.03 Å². The average molecular weight is 330 g/mol. The third kappa shape index (κ3) is 2.91. The number of amides is 4. The van der Waals surface area contributed by atoms with E-state index in [0.717, 1.165) is 26.8 Å². The number of urea groups is 1. The number of hydrogen-bond donors (Lipinski definition) is 1. The van der Waals surface area contributed by atoms with E-state index in [-0.39, 0.29) is 11.3 Å². The smallest absolute Gasteiger partial charge is 0.273 e. The molecule has 1 N–H and O–H groups in total. The predicted octanol–water partition coefficient (Wildman–Crippen LogP) is 2.86. The number of thiophene rings is 1. The summed E-state index contributed by atoms with van der Waals surface area (Å²) >= 11 is 1.42. The predicted molar refractivity (Wildman–Crippen MR) is 84.5 cm³/mol. The second-order valence-corrected chi connectivity index (χ2v) is 6.20. The Balaban J connectivity index is 2.00. The van der Waals surface area contributed by atoms with Crippen LogP contribution in [-0.2, 0) is 9.59 Å². The third-order valence-electron chi connectivity index (χ3n) is 3.23. The van der Waals surface area contributed by atoms with Crippen molar-refractivity contribution in [2.24, 2.45) is 0 Å². The zero-order valence-corrected chi connectivity index (χ0v) is 12.8. The number of halogens is 1. The number of nitrogens with zero attached hydrogens (tertiary/aromatic N) is 1.